The molecule has 118 valence electrons. The Kier molecular flexibility index (Phi) is 5.41. The number of hydrogen-bond donors (Lipinski definition) is 1. The predicted molar refractivity (Wildman–Crippen MR) is 88.4 cm³/mol. The number of hydrogen-bond acceptors (Lipinski definition) is 5. The minimum Gasteiger partial charge on any atom is -0.493 e. The van der Waals surface area contributed by atoms with E-state index in [9.17, 15) is 0 Å². The van der Waals surface area contributed by atoms with E-state index in [0.29, 0.717) is 0 Å². The Morgan fingerprint density at radius 2 is 1.95 bits per heavy atom. The summed E-state index contributed by atoms with van der Waals surface area (Å²) >= 11 is 1.75. The normalized spacial score (nSPS) is 22.5. The number of ether oxygens (including phenoxy) is 2. The van der Waals surface area contributed by atoms with Crippen LogP contribution in [0.1, 0.15) is 18.9 Å². The molecular weight excluding hydrogens is 284 g/mol. The molecule has 0 radical (unpaired) electrons. The summed E-state index contributed by atoms with van der Waals surface area (Å²) in [5.74, 6) is 1.59. The van der Waals surface area contributed by atoms with E-state index >= 15 is 0 Å². The van der Waals surface area contributed by atoms with Crippen LogP contribution in [-0.4, -0.2) is 45.0 Å². The zero-order valence-corrected chi connectivity index (χ0v) is 14.3. The van der Waals surface area contributed by atoms with Crippen molar-refractivity contribution in [3.05, 3.63) is 17.7 Å². The summed E-state index contributed by atoms with van der Waals surface area (Å²) in [5, 5.41) is 0. The molecule has 0 amide bonds. The molecule has 0 aromatic heterocycles. The topological polar surface area (TPSA) is 47.7 Å². The number of rotatable bonds is 6. The van der Waals surface area contributed by atoms with Crippen molar-refractivity contribution < 1.29 is 9.47 Å². The molecule has 0 bridgehead atoms. The van der Waals surface area contributed by atoms with Crippen LogP contribution in [0.15, 0.2) is 17.0 Å². The number of nitrogens with two attached hydrogens (primary N) is 1. The van der Waals surface area contributed by atoms with Crippen molar-refractivity contribution in [2.24, 2.45) is 11.1 Å². The van der Waals surface area contributed by atoms with Crippen molar-refractivity contribution in [2.45, 2.75) is 24.8 Å². The fraction of sp³-hybridized carbons (Fsp3) is 0.625. The summed E-state index contributed by atoms with van der Waals surface area (Å²) in [5.41, 5.74) is 7.45. The van der Waals surface area contributed by atoms with Gasteiger partial charge in [0.1, 0.15) is 0 Å². The smallest absolute Gasteiger partial charge is 0.161 e. The van der Waals surface area contributed by atoms with Crippen LogP contribution >= 0.6 is 11.8 Å². The number of nitrogens with zero attached hydrogens (tertiary/aromatic N) is 1. The van der Waals surface area contributed by atoms with Crippen molar-refractivity contribution >= 4 is 11.8 Å². The van der Waals surface area contributed by atoms with Crippen LogP contribution < -0.4 is 15.2 Å². The van der Waals surface area contributed by atoms with Crippen LogP contribution in [0.2, 0.25) is 0 Å². The zero-order valence-electron chi connectivity index (χ0n) is 13.4. The summed E-state index contributed by atoms with van der Waals surface area (Å²) in [6, 6.07) is 4.17. The molecule has 1 heterocycles. The Labute approximate surface area is 132 Å². The van der Waals surface area contributed by atoms with Gasteiger partial charge >= 0.3 is 0 Å². The number of benzene rings is 1. The second-order valence-electron chi connectivity index (χ2n) is 5.99. The van der Waals surface area contributed by atoms with E-state index in [4.69, 9.17) is 15.2 Å². The maximum atomic E-state index is 5.90. The summed E-state index contributed by atoms with van der Waals surface area (Å²) in [4.78, 5) is 3.72. The van der Waals surface area contributed by atoms with Crippen LogP contribution in [0.25, 0.3) is 0 Å². The quantitative estimate of drug-likeness (QED) is 0.818. The van der Waals surface area contributed by atoms with E-state index < -0.39 is 0 Å². The Hall–Kier alpha value is -0.910. The van der Waals surface area contributed by atoms with Crippen LogP contribution in [-0.2, 0) is 6.54 Å². The Morgan fingerprint density at radius 3 is 2.48 bits per heavy atom. The number of thioether (sulfide) groups is 1. The van der Waals surface area contributed by atoms with Gasteiger partial charge in [-0.1, -0.05) is 6.92 Å². The summed E-state index contributed by atoms with van der Waals surface area (Å²) in [7, 11) is 3.36. The van der Waals surface area contributed by atoms with Crippen LogP contribution in [0.5, 0.6) is 11.5 Å². The van der Waals surface area contributed by atoms with E-state index in [1.165, 1.54) is 16.9 Å². The lowest BCUT2D eigenvalue weighted by molar-refractivity contribution is 0.272. The SMILES string of the molecule is COc1cc(CN2CCC(C)(CN)C2)c(SC)cc1OC. The summed E-state index contributed by atoms with van der Waals surface area (Å²) in [6.45, 7) is 6.13. The molecule has 1 unspecified atom stereocenters. The maximum Gasteiger partial charge on any atom is 0.161 e. The molecule has 1 atom stereocenters. The van der Waals surface area contributed by atoms with E-state index in [2.05, 4.69) is 30.2 Å². The molecular formula is C16H26N2O2S. The molecule has 0 aliphatic carbocycles. The molecule has 1 aliphatic heterocycles. The molecule has 1 aliphatic rings. The third-order valence-electron chi connectivity index (χ3n) is 4.31. The highest BCUT2D eigenvalue weighted by atomic mass is 32.2. The molecule has 4 nitrogen and oxygen atoms in total. The van der Waals surface area contributed by atoms with Gasteiger partial charge in [-0.25, -0.2) is 0 Å². The second-order valence-corrected chi connectivity index (χ2v) is 6.84. The van der Waals surface area contributed by atoms with Crippen LogP contribution in [0, 0.1) is 5.41 Å². The first-order valence-corrected chi connectivity index (χ1v) is 8.49. The highest BCUT2D eigenvalue weighted by Gasteiger charge is 2.32. The van der Waals surface area contributed by atoms with E-state index in [1.807, 2.05) is 0 Å². The molecule has 21 heavy (non-hydrogen) atoms. The Balaban J connectivity index is 2.19. The van der Waals surface area contributed by atoms with Crippen molar-refractivity contribution in [3.8, 4) is 11.5 Å². The molecule has 5 heteroatoms. The van der Waals surface area contributed by atoms with Gasteiger partial charge in [-0.2, -0.15) is 0 Å². The van der Waals surface area contributed by atoms with E-state index in [0.717, 1.165) is 37.7 Å². The minimum absolute atomic E-state index is 0.260. The number of likely N-dealkylation sites (tertiary alicyclic amines) is 1. The van der Waals surface area contributed by atoms with Gasteiger partial charge in [0.05, 0.1) is 14.2 Å². The lowest BCUT2D eigenvalue weighted by Gasteiger charge is -2.23. The monoisotopic (exact) mass is 310 g/mol. The number of methoxy groups -OCH3 is 2. The summed E-state index contributed by atoms with van der Waals surface area (Å²) in [6.07, 6.45) is 3.27. The van der Waals surface area contributed by atoms with Gasteiger partial charge in [0.15, 0.2) is 11.5 Å². The van der Waals surface area contributed by atoms with Gasteiger partial charge in [0, 0.05) is 18.0 Å². The van der Waals surface area contributed by atoms with E-state index in [-0.39, 0.29) is 5.41 Å². The van der Waals surface area contributed by atoms with Crippen molar-refractivity contribution in [3.63, 3.8) is 0 Å². The molecule has 2 rings (SSSR count). The zero-order chi connectivity index (χ0) is 15.5. The van der Waals surface area contributed by atoms with Gasteiger partial charge in [-0.15, -0.1) is 11.8 Å². The predicted octanol–water partition coefficient (Wildman–Crippen LogP) is 2.60. The Bertz CT molecular complexity index is 495. The lowest BCUT2D eigenvalue weighted by Crippen LogP contribution is -2.31. The molecule has 0 spiro atoms. The fourth-order valence-corrected chi connectivity index (χ4v) is 3.50. The van der Waals surface area contributed by atoms with Gasteiger partial charge in [-0.05, 0) is 48.9 Å². The second kappa shape index (κ2) is 6.90. The third-order valence-corrected chi connectivity index (χ3v) is 5.13. The van der Waals surface area contributed by atoms with Gasteiger partial charge in [0.2, 0.25) is 0 Å². The van der Waals surface area contributed by atoms with Crippen LogP contribution in [0.4, 0.5) is 0 Å². The Morgan fingerprint density at radius 1 is 1.29 bits per heavy atom. The molecule has 1 saturated heterocycles. The van der Waals surface area contributed by atoms with Gasteiger partial charge in [0.25, 0.3) is 0 Å². The highest BCUT2D eigenvalue weighted by Crippen LogP contribution is 2.36. The van der Waals surface area contributed by atoms with Gasteiger partial charge < -0.3 is 15.2 Å². The van der Waals surface area contributed by atoms with Crippen molar-refractivity contribution in [1.82, 2.24) is 4.90 Å². The standard InChI is InChI=1S/C16H26N2O2S/c1-16(10-17)5-6-18(11-16)9-12-7-13(19-2)14(20-3)8-15(12)21-4/h7-8H,5-6,9-11,17H2,1-4H3. The molecule has 1 aromatic carbocycles. The first kappa shape index (κ1) is 16.5. The minimum atomic E-state index is 0.260. The molecule has 1 fully saturated rings. The van der Waals surface area contributed by atoms with Crippen molar-refractivity contribution in [1.29, 1.82) is 0 Å². The first-order valence-electron chi connectivity index (χ1n) is 7.26. The lowest BCUT2D eigenvalue weighted by atomic mass is 9.90. The first-order chi connectivity index (χ1) is 10.0. The largest absolute Gasteiger partial charge is 0.493 e. The van der Waals surface area contributed by atoms with E-state index in [1.54, 1.807) is 26.0 Å². The summed E-state index contributed by atoms with van der Waals surface area (Å²) < 4.78 is 10.8. The molecule has 0 saturated carbocycles. The average molecular weight is 310 g/mol. The molecule has 1 aromatic rings. The average Bonchev–Trinajstić information content (AvgIpc) is 2.88. The fourth-order valence-electron chi connectivity index (χ4n) is 2.88. The van der Waals surface area contributed by atoms with Crippen molar-refractivity contribution in [2.75, 3.05) is 40.1 Å². The van der Waals surface area contributed by atoms with Crippen LogP contribution in [0.3, 0.4) is 0 Å². The maximum absolute atomic E-state index is 5.90. The third kappa shape index (κ3) is 3.65. The molecule has 2 N–H and O–H groups in total. The highest BCUT2D eigenvalue weighted by molar-refractivity contribution is 7.98. The van der Waals surface area contributed by atoms with Gasteiger partial charge in [-0.3, -0.25) is 4.90 Å².